The summed E-state index contributed by atoms with van der Waals surface area (Å²) in [5.41, 5.74) is -0.754. The van der Waals surface area contributed by atoms with Gasteiger partial charge in [0.2, 0.25) is 0 Å². The molecule has 0 aliphatic carbocycles. The number of carbonyl (C=O) groups is 2. The molecule has 1 unspecified atom stereocenters. The second-order valence-corrected chi connectivity index (χ2v) is 5.06. The maximum atomic E-state index is 12.3. The van der Waals surface area contributed by atoms with Crippen LogP contribution in [0.4, 0.5) is 0 Å². The number of β-amino-alcohol motifs (C(OH)–C–C–N with tert-alkyl or cyclic N) is 1. The van der Waals surface area contributed by atoms with Crippen LogP contribution in [0.25, 0.3) is 0 Å². The van der Waals surface area contributed by atoms with Crippen LogP contribution in [0.2, 0.25) is 0 Å². The Morgan fingerprint density at radius 3 is 2.84 bits per heavy atom. The quantitative estimate of drug-likeness (QED) is 0.823. The lowest BCUT2D eigenvalue weighted by molar-refractivity contribution is -0.0107. The van der Waals surface area contributed by atoms with Gasteiger partial charge in [-0.2, -0.15) is 0 Å². The van der Waals surface area contributed by atoms with Gasteiger partial charge in [-0.15, -0.1) is 0 Å². The van der Waals surface area contributed by atoms with E-state index >= 15 is 0 Å². The summed E-state index contributed by atoms with van der Waals surface area (Å²) in [5, 5.41) is 18.8. The Bertz CT molecular complexity index is 513. The van der Waals surface area contributed by atoms with Crippen molar-refractivity contribution < 1.29 is 19.8 Å². The van der Waals surface area contributed by atoms with Crippen molar-refractivity contribution in [2.45, 2.75) is 25.4 Å². The zero-order chi connectivity index (χ0) is 14.0. The monoisotopic (exact) mass is 264 g/mol. The highest BCUT2D eigenvalue weighted by Crippen LogP contribution is 2.21. The lowest BCUT2D eigenvalue weighted by Crippen LogP contribution is -2.48. The Kier molecular flexibility index (Phi) is 3.53. The van der Waals surface area contributed by atoms with E-state index in [4.69, 9.17) is 5.11 Å². The van der Waals surface area contributed by atoms with Crippen LogP contribution < -0.4 is 0 Å². The molecule has 6 nitrogen and oxygen atoms in total. The van der Waals surface area contributed by atoms with Crippen molar-refractivity contribution in [2.75, 3.05) is 13.1 Å². The zero-order valence-electron chi connectivity index (χ0n) is 10.7. The van der Waals surface area contributed by atoms with Gasteiger partial charge in [0.15, 0.2) is 0 Å². The summed E-state index contributed by atoms with van der Waals surface area (Å²) in [7, 11) is 0. The molecule has 1 aromatic rings. The highest BCUT2D eigenvalue weighted by atomic mass is 16.4. The Labute approximate surface area is 110 Å². The first kappa shape index (κ1) is 13.5. The number of carbonyl (C=O) groups excluding carboxylic acids is 1. The zero-order valence-corrected chi connectivity index (χ0v) is 10.7. The first-order valence-electron chi connectivity index (χ1n) is 6.10. The molecule has 19 heavy (non-hydrogen) atoms. The number of carboxylic acid groups (broad SMARTS) is 1. The van der Waals surface area contributed by atoms with Crippen molar-refractivity contribution in [3.63, 3.8) is 0 Å². The van der Waals surface area contributed by atoms with Crippen molar-refractivity contribution in [3.05, 3.63) is 29.6 Å². The van der Waals surface area contributed by atoms with Crippen LogP contribution in [0.1, 0.15) is 40.6 Å². The highest BCUT2D eigenvalue weighted by molar-refractivity contribution is 5.96. The molecule has 0 saturated carbocycles. The third-order valence-electron chi connectivity index (χ3n) is 3.19. The third kappa shape index (κ3) is 3.08. The summed E-state index contributed by atoms with van der Waals surface area (Å²) in [4.78, 5) is 28.3. The number of hydrogen-bond donors (Lipinski definition) is 2. The molecule has 1 atom stereocenters. The van der Waals surface area contributed by atoms with Gasteiger partial charge in [0.25, 0.3) is 5.91 Å². The summed E-state index contributed by atoms with van der Waals surface area (Å²) in [5.74, 6) is -1.44. The first-order chi connectivity index (χ1) is 8.89. The molecule has 2 rings (SSSR count). The minimum absolute atomic E-state index is 0.158. The minimum Gasteiger partial charge on any atom is -0.477 e. The van der Waals surface area contributed by atoms with E-state index in [2.05, 4.69) is 4.98 Å². The van der Waals surface area contributed by atoms with Crippen molar-refractivity contribution in [1.82, 2.24) is 9.88 Å². The van der Waals surface area contributed by atoms with Crippen LogP contribution >= 0.6 is 0 Å². The highest BCUT2D eigenvalue weighted by Gasteiger charge is 2.31. The largest absolute Gasteiger partial charge is 0.477 e. The molecule has 0 aromatic carbocycles. The average Bonchev–Trinajstić information content (AvgIpc) is 2.37. The van der Waals surface area contributed by atoms with Crippen LogP contribution in [0.5, 0.6) is 0 Å². The fourth-order valence-corrected chi connectivity index (χ4v) is 2.26. The van der Waals surface area contributed by atoms with Gasteiger partial charge in [-0.3, -0.25) is 4.79 Å². The molecule has 1 aromatic heterocycles. The second-order valence-electron chi connectivity index (χ2n) is 5.06. The second kappa shape index (κ2) is 4.97. The Balaban J connectivity index is 2.19. The molecular weight excluding hydrogens is 248 g/mol. The lowest BCUT2D eigenvalue weighted by Gasteiger charge is -2.36. The van der Waals surface area contributed by atoms with E-state index in [-0.39, 0.29) is 23.7 Å². The molecule has 0 spiro atoms. The number of pyridine rings is 1. The number of amides is 1. The molecule has 0 radical (unpaired) electrons. The number of aromatic carboxylic acids is 1. The Morgan fingerprint density at radius 2 is 2.21 bits per heavy atom. The Hall–Kier alpha value is -1.95. The number of hydrogen-bond acceptors (Lipinski definition) is 4. The molecule has 1 aliphatic heterocycles. The van der Waals surface area contributed by atoms with Crippen LogP contribution in [-0.4, -0.2) is 50.7 Å². The van der Waals surface area contributed by atoms with Gasteiger partial charge in [0.1, 0.15) is 5.69 Å². The lowest BCUT2D eigenvalue weighted by atomic mass is 9.94. The van der Waals surface area contributed by atoms with Gasteiger partial charge in [0, 0.05) is 24.8 Å². The van der Waals surface area contributed by atoms with Gasteiger partial charge in [0.05, 0.1) is 5.60 Å². The minimum atomic E-state index is -1.17. The van der Waals surface area contributed by atoms with Crippen LogP contribution in [0, 0.1) is 0 Å². The summed E-state index contributed by atoms with van der Waals surface area (Å²) < 4.78 is 0. The van der Waals surface area contributed by atoms with Crippen LogP contribution in [-0.2, 0) is 0 Å². The van der Waals surface area contributed by atoms with E-state index in [1.165, 1.54) is 18.3 Å². The van der Waals surface area contributed by atoms with E-state index in [1.54, 1.807) is 11.8 Å². The molecule has 1 fully saturated rings. The number of likely N-dealkylation sites (tertiary alicyclic amines) is 1. The standard InChI is InChI=1S/C13H16N2O4/c1-13(19)4-2-6-15(8-13)11(16)9-3-5-14-10(7-9)12(17)18/h3,5,7,19H,2,4,6,8H2,1H3,(H,17,18). The summed E-state index contributed by atoms with van der Waals surface area (Å²) in [6, 6.07) is 2.74. The van der Waals surface area contributed by atoms with Gasteiger partial charge >= 0.3 is 5.97 Å². The first-order valence-corrected chi connectivity index (χ1v) is 6.10. The van der Waals surface area contributed by atoms with E-state index in [0.717, 1.165) is 6.42 Å². The van der Waals surface area contributed by atoms with E-state index < -0.39 is 11.6 Å². The van der Waals surface area contributed by atoms with Gasteiger partial charge in [-0.25, -0.2) is 9.78 Å². The van der Waals surface area contributed by atoms with Crippen LogP contribution in [0.3, 0.4) is 0 Å². The number of piperidine rings is 1. The van der Waals surface area contributed by atoms with Crippen molar-refractivity contribution >= 4 is 11.9 Å². The van der Waals surface area contributed by atoms with Gasteiger partial charge in [-0.1, -0.05) is 0 Å². The van der Waals surface area contributed by atoms with Crippen LogP contribution in [0.15, 0.2) is 18.3 Å². The van der Waals surface area contributed by atoms with Gasteiger partial charge in [-0.05, 0) is 31.9 Å². The molecule has 1 amide bonds. The molecular formula is C13H16N2O4. The maximum absolute atomic E-state index is 12.3. The smallest absolute Gasteiger partial charge is 0.354 e. The maximum Gasteiger partial charge on any atom is 0.354 e. The van der Waals surface area contributed by atoms with Crippen molar-refractivity contribution in [3.8, 4) is 0 Å². The van der Waals surface area contributed by atoms with Crippen molar-refractivity contribution in [1.29, 1.82) is 0 Å². The molecule has 2 heterocycles. The summed E-state index contributed by atoms with van der Waals surface area (Å²) >= 11 is 0. The molecule has 102 valence electrons. The molecule has 1 saturated heterocycles. The average molecular weight is 264 g/mol. The van der Waals surface area contributed by atoms with E-state index in [1.807, 2.05) is 0 Å². The molecule has 6 heteroatoms. The summed E-state index contributed by atoms with van der Waals surface area (Å²) in [6.07, 6.45) is 2.70. The predicted octanol–water partition coefficient (Wildman–Crippen LogP) is 0.767. The third-order valence-corrected chi connectivity index (χ3v) is 3.19. The van der Waals surface area contributed by atoms with Crippen molar-refractivity contribution in [2.24, 2.45) is 0 Å². The fraction of sp³-hybridized carbons (Fsp3) is 0.462. The molecule has 2 N–H and O–H groups in total. The number of nitrogens with zero attached hydrogens (tertiary/aromatic N) is 2. The number of carboxylic acids is 1. The van der Waals surface area contributed by atoms with E-state index in [0.29, 0.717) is 13.0 Å². The normalized spacial score (nSPS) is 23.2. The molecule has 1 aliphatic rings. The number of aromatic nitrogens is 1. The van der Waals surface area contributed by atoms with Gasteiger partial charge < -0.3 is 15.1 Å². The number of aliphatic hydroxyl groups is 1. The summed E-state index contributed by atoms with van der Waals surface area (Å²) in [6.45, 7) is 2.53. The Morgan fingerprint density at radius 1 is 1.47 bits per heavy atom. The topological polar surface area (TPSA) is 90.7 Å². The predicted molar refractivity (Wildman–Crippen MR) is 67.0 cm³/mol. The number of rotatable bonds is 2. The van der Waals surface area contributed by atoms with E-state index in [9.17, 15) is 14.7 Å². The molecule has 0 bridgehead atoms. The fourth-order valence-electron chi connectivity index (χ4n) is 2.26. The SMILES string of the molecule is CC1(O)CCCN(C(=O)c2ccnc(C(=O)O)c2)C1.